The average Bonchev–Trinajstić information content (AvgIpc) is 3.20. The van der Waals surface area contributed by atoms with Crippen LogP contribution >= 0.6 is 11.8 Å². The van der Waals surface area contributed by atoms with Crippen molar-refractivity contribution in [2.75, 3.05) is 32.9 Å². The third-order valence-electron chi connectivity index (χ3n) is 4.82. The molecule has 12 heteroatoms. The number of nitriles is 1. The zero-order chi connectivity index (χ0) is 26.3. The van der Waals surface area contributed by atoms with Crippen LogP contribution in [0.4, 0.5) is 13.2 Å². The summed E-state index contributed by atoms with van der Waals surface area (Å²) in [4.78, 5) is 18.2. The summed E-state index contributed by atoms with van der Waals surface area (Å²) in [6, 6.07) is 9.18. The van der Waals surface area contributed by atoms with Gasteiger partial charge in [-0.15, -0.1) is 0 Å². The first-order valence-corrected chi connectivity index (χ1v) is 11.6. The number of halogens is 3. The van der Waals surface area contributed by atoms with Crippen LogP contribution in [0, 0.1) is 11.3 Å². The number of alkyl halides is 3. The van der Waals surface area contributed by atoms with Crippen molar-refractivity contribution in [3.63, 3.8) is 0 Å². The highest BCUT2D eigenvalue weighted by Gasteiger charge is 2.35. The SMILES string of the molecule is CCOc1cc(C=C2SC(N(CCO)CCO)=NC2=O)ccc1Oc1ccc(C#N)cc1C(F)(F)F. The van der Waals surface area contributed by atoms with E-state index in [-0.39, 0.29) is 54.9 Å². The summed E-state index contributed by atoms with van der Waals surface area (Å²) in [5, 5.41) is 27.7. The van der Waals surface area contributed by atoms with Crippen LogP contribution in [-0.2, 0) is 11.0 Å². The van der Waals surface area contributed by atoms with E-state index in [0.717, 1.165) is 17.8 Å². The molecule has 0 aromatic heterocycles. The molecule has 190 valence electrons. The summed E-state index contributed by atoms with van der Waals surface area (Å²) in [5.74, 6) is -0.806. The number of rotatable bonds is 9. The molecular formula is C24H22F3N3O5S. The molecule has 2 N–H and O–H groups in total. The molecule has 0 fully saturated rings. The number of carbonyl (C=O) groups excluding carboxylic acids is 1. The summed E-state index contributed by atoms with van der Waals surface area (Å²) >= 11 is 1.08. The molecule has 1 aliphatic heterocycles. The lowest BCUT2D eigenvalue weighted by Crippen LogP contribution is -2.33. The molecule has 36 heavy (non-hydrogen) atoms. The van der Waals surface area contributed by atoms with Gasteiger partial charge in [0.25, 0.3) is 5.91 Å². The smallest absolute Gasteiger partial charge is 0.420 e. The Hall–Kier alpha value is -3.53. The van der Waals surface area contributed by atoms with E-state index in [9.17, 15) is 28.2 Å². The molecule has 2 aromatic rings. The second kappa shape index (κ2) is 11.9. The van der Waals surface area contributed by atoms with E-state index in [1.165, 1.54) is 18.2 Å². The maximum absolute atomic E-state index is 13.5. The number of amidine groups is 1. The van der Waals surface area contributed by atoms with Gasteiger partial charge in [0.15, 0.2) is 16.7 Å². The molecule has 0 atom stereocenters. The second-order valence-electron chi connectivity index (χ2n) is 7.31. The van der Waals surface area contributed by atoms with Crippen molar-refractivity contribution in [3.8, 4) is 23.3 Å². The van der Waals surface area contributed by atoms with E-state index in [0.29, 0.717) is 16.8 Å². The molecular weight excluding hydrogens is 499 g/mol. The number of aliphatic hydroxyl groups is 2. The third kappa shape index (κ3) is 6.57. The van der Waals surface area contributed by atoms with Gasteiger partial charge in [0.05, 0.1) is 41.9 Å². The van der Waals surface area contributed by atoms with E-state index in [4.69, 9.17) is 14.7 Å². The zero-order valence-corrected chi connectivity index (χ0v) is 19.9. The number of nitrogens with zero attached hydrogens (tertiary/aromatic N) is 3. The number of thioether (sulfide) groups is 1. The van der Waals surface area contributed by atoms with E-state index >= 15 is 0 Å². The number of amides is 1. The highest BCUT2D eigenvalue weighted by Crippen LogP contribution is 2.41. The number of carbonyl (C=O) groups is 1. The molecule has 0 saturated heterocycles. The van der Waals surface area contributed by atoms with Gasteiger partial charge >= 0.3 is 6.18 Å². The largest absolute Gasteiger partial charge is 0.490 e. The number of benzene rings is 2. The van der Waals surface area contributed by atoms with Gasteiger partial charge < -0.3 is 24.6 Å². The Kier molecular flexibility index (Phi) is 8.98. The minimum absolute atomic E-state index is 0.0219. The normalized spacial score (nSPS) is 14.5. The van der Waals surface area contributed by atoms with Gasteiger partial charge in [0.1, 0.15) is 5.75 Å². The molecule has 0 bridgehead atoms. The zero-order valence-electron chi connectivity index (χ0n) is 19.1. The fourth-order valence-electron chi connectivity index (χ4n) is 3.22. The van der Waals surface area contributed by atoms with Crippen molar-refractivity contribution in [2.45, 2.75) is 13.1 Å². The van der Waals surface area contributed by atoms with Crippen molar-refractivity contribution in [2.24, 2.45) is 4.99 Å². The highest BCUT2D eigenvalue weighted by molar-refractivity contribution is 8.18. The number of hydrogen-bond donors (Lipinski definition) is 2. The molecule has 1 aliphatic rings. The van der Waals surface area contributed by atoms with Crippen LogP contribution in [0.1, 0.15) is 23.6 Å². The predicted molar refractivity (Wildman–Crippen MR) is 128 cm³/mol. The summed E-state index contributed by atoms with van der Waals surface area (Å²) in [7, 11) is 0. The molecule has 3 rings (SSSR count). The molecule has 0 radical (unpaired) electrons. The van der Waals surface area contributed by atoms with Crippen LogP contribution < -0.4 is 9.47 Å². The second-order valence-corrected chi connectivity index (χ2v) is 8.32. The lowest BCUT2D eigenvalue weighted by Gasteiger charge is -2.20. The van der Waals surface area contributed by atoms with Gasteiger partial charge in [-0.2, -0.15) is 23.4 Å². The van der Waals surface area contributed by atoms with Crippen molar-refractivity contribution in [1.82, 2.24) is 4.90 Å². The lowest BCUT2D eigenvalue weighted by molar-refractivity contribution is -0.138. The fraction of sp³-hybridized carbons (Fsp3) is 0.292. The minimum Gasteiger partial charge on any atom is -0.490 e. The van der Waals surface area contributed by atoms with Crippen molar-refractivity contribution in [3.05, 3.63) is 58.0 Å². The van der Waals surface area contributed by atoms with Crippen molar-refractivity contribution >= 4 is 28.9 Å². The van der Waals surface area contributed by atoms with E-state index in [1.807, 2.05) is 0 Å². The summed E-state index contributed by atoms with van der Waals surface area (Å²) in [6.07, 6.45) is -3.19. The Balaban J connectivity index is 1.89. The summed E-state index contributed by atoms with van der Waals surface area (Å²) in [6.45, 7) is 1.94. The van der Waals surface area contributed by atoms with Crippen LogP contribution in [0.5, 0.6) is 17.2 Å². The Morgan fingerprint density at radius 2 is 1.81 bits per heavy atom. The number of ether oxygens (including phenoxy) is 2. The Labute approximate surface area is 209 Å². The van der Waals surface area contributed by atoms with Crippen molar-refractivity contribution < 1.29 is 37.7 Å². The molecule has 0 unspecified atom stereocenters. The maximum atomic E-state index is 13.5. The monoisotopic (exact) mass is 521 g/mol. The first-order valence-electron chi connectivity index (χ1n) is 10.8. The first-order chi connectivity index (χ1) is 17.2. The van der Waals surface area contributed by atoms with E-state index in [1.54, 1.807) is 30.0 Å². The summed E-state index contributed by atoms with van der Waals surface area (Å²) in [5.41, 5.74) is -0.730. The van der Waals surface area contributed by atoms with E-state index < -0.39 is 23.4 Å². The Morgan fingerprint density at radius 1 is 1.11 bits per heavy atom. The molecule has 1 amide bonds. The average molecular weight is 522 g/mol. The standard InChI is InChI=1S/C24H22F3N3O5S/c1-2-34-20-12-15(13-21-22(33)29-23(36-21)30(7-9-31)8-10-32)3-6-19(20)35-18-5-4-16(14-28)11-17(18)24(25,26)27/h3-6,11-13,31-32H,2,7-10H2,1H3. The summed E-state index contributed by atoms with van der Waals surface area (Å²) < 4.78 is 51.7. The van der Waals surface area contributed by atoms with Gasteiger partial charge in [0.2, 0.25) is 0 Å². The third-order valence-corrected chi connectivity index (χ3v) is 5.86. The minimum atomic E-state index is -4.74. The first kappa shape index (κ1) is 27.1. The van der Waals surface area contributed by atoms with Crippen LogP contribution in [0.25, 0.3) is 6.08 Å². The maximum Gasteiger partial charge on any atom is 0.420 e. The molecule has 8 nitrogen and oxygen atoms in total. The number of aliphatic imine (C=N–C) groups is 1. The quantitative estimate of drug-likeness (QED) is 0.476. The van der Waals surface area contributed by atoms with Gasteiger partial charge in [0, 0.05) is 13.1 Å². The molecule has 1 heterocycles. The van der Waals surface area contributed by atoms with Crippen LogP contribution in [0.15, 0.2) is 46.3 Å². The highest BCUT2D eigenvalue weighted by atomic mass is 32.2. The van der Waals surface area contributed by atoms with Gasteiger partial charge in [-0.3, -0.25) is 4.79 Å². The molecule has 0 spiro atoms. The lowest BCUT2D eigenvalue weighted by atomic mass is 10.1. The Morgan fingerprint density at radius 3 is 2.42 bits per heavy atom. The van der Waals surface area contributed by atoms with Crippen LogP contribution in [-0.4, -0.2) is 59.1 Å². The van der Waals surface area contributed by atoms with Crippen molar-refractivity contribution in [1.29, 1.82) is 5.26 Å². The van der Waals surface area contributed by atoms with Crippen LogP contribution in [0.3, 0.4) is 0 Å². The van der Waals surface area contributed by atoms with Gasteiger partial charge in [-0.1, -0.05) is 6.07 Å². The molecule has 2 aromatic carbocycles. The van der Waals surface area contributed by atoms with Gasteiger partial charge in [-0.05, 0) is 60.7 Å². The molecule has 0 aliphatic carbocycles. The van der Waals surface area contributed by atoms with E-state index in [2.05, 4.69) is 4.99 Å². The fourth-order valence-corrected chi connectivity index (χ4v) is 4.19. The predicted octanol–water partition coefficient (Wildman–Crippen LogP) is 4.02. The number of aliphatic hydroxyl groups excluding tert-OH is 2. The van der Waals surface area contributed by atoms with Crippen LogP contribution in [0.2, 0.25) is 0 Å². The Bertz CT molecular complexity index is 1220. The van der Waals surface area contributed by atoms with Gasteiger partial charge in [-0.25, -0.2) is 0 Å². The molecule has 0 saturated carbocycles. The number of hydrogen-bond acceptors (Lipinski definition) is 8. The topological polar surface area (TPSA) is 115 Å².